The SMILES string of the molecule is CC1(C)C(=O)N(c2ccc(S(=O)(=O)C(F)(F)F)cc2)C(=O)N1Cc1ccncc1-c1ncc[nH]1. The van der Waals surface area contributed by atoms with Gasteiger partial charge in [-0.25, -0.2) is 23.1 Å². The fourth-order valence-electron chi connectivity index (χ4n) is 3.59. The van der Waals surface area contributed by atoms with Gasteiger partial charge in [-0.05, 0) is 49.7 Å². The number of halogens is 3. The minimum Gasteiger partial charge on any atom is -0.345 e. The van der Waals surface area contributed by atoms with Gasteiger partial charge in [-0.15, -0.1) is 0 Å². The first kappa shape index (κ1) is 23.4. The maximum atomic E-state index is 13.3. The zero-order chi connectivity index (χ0) is 24.9. The number of carbonyl (C=O) groups is 2. The number of H-pyrrole nitrogens is 1. The molecule has 4 rings (SSSR count). The third-order valence-corrected chi connectivity index (χ3v) is 7.03. The molecular formula is C21H18F3N5O4S. The van der Waals surface area contributed by atoms with E-state index in [1.807, 2.05) is 0 Å². The minimum absolute atomic E-state index is 0.0210. The molecule has 1 aromatic carbocycles. The Morgan fingerprint density at radius 1 is 1.06 bits per heavy atom. The van der Waals surface area contributed by atoms with Gasteiger partial charge in [-0.3, -0.25) is 9.78 Å². The van der Waals surface area contributed by atoms with Gasteiger partial charge in [0.2, 0.25) is 0 Å². The molecule has 0 unspecified atom stereocenters. The van der Waals surface area contributed by atoms with E-state index in [9.17, 15) is 31.2 Å². The summed E-state index contributed by atoms with van der Waals surface area (Å²) >= 11 is 0. The first-order valence-electron chi connectivity index (χ1n) is 9.86. The van der Waals surface area contributed by atoms with Crippen molar-refractivity contribution in [1.29, 1.82) is 0 Å². The number of nitrogens with one attached hydrogen (secondary N) is 1. The van der Waals surface area contributed by atoms with Crippen molar-refractivity contribution in [3.8, 4) is 11.4 Å². The van der Waals surface area contributed by atoms with Crippen LogP contribution in [-0.2, 0) is 21.2 Å². The average Bonchev–Trinajstić information content (AvgIpc) is 3.36. The van der Waals surface area contributed by atoms with Crippen LogP contribution in [0.3, 0.4) is 0 Å². The molecule has 0 spiro atoms. The zero-order valence-electron chi connectivity index (χ0n) is 17.9. The van der Waals surface area contributed by atoms with Gasteiger partial charge >= 0.3 is 11.5 Å². The molecule has 34 heavy (non-hydrogen) atoms. The number of pyridine rings is 1. The van der Waals surface area contributed by atoms with Gasteiger partial charge in [-0.2, -0.15) is 13.2 Å². The Hall–Kier alpha value is -3.74. The number of nitrogens with zero attached hydrogens (tertiary/aromatic N) is 4. The van der Waals surface area contributed by atoms with Crippen LogP contribution in [0.2, 0.25) is 0 Å². The molecule has 1 aliphatic heterocycles. The maximum Gasteiger partial charge on any atom is 0.501 e. The Labute approximate surface area is 192 Å². The summed E-state index contributed by atoms with van der Waals surface area (Å²) in [4.78, 5) is 38.8. The van der Waals surface area contributed by atoms with E-state index in [0.717, 1.165) is 17.0 Å². The van der Waals surface area contributed by atoms with Gasteiger partial charge in [0, 0.05) is 36.9 Å². The van der Waals surface area contributed by atoms with Crippen LogP contribution >= 0.6 is 0 Å². The predicted molar refractivity (Wildman–Crippen MR) is 114 cm³/mol. The van der Waals surface area contributed by atoms with Gasteiger partial charge in [0.05, 0.1) is 10.6 Å². The van der Waals surface area contributed by atoms with Crippen LogP contribution in [0, 0.1) is 0 Å². The summed E-state index contributed by atoms with van der Waals surface area (Å²) in [5.41, 5.74) is -5.52. The molecule has 0 radical (unpaired) electrons. The average molecular weight is 493 g/mol. The molecule has 9 nitrogen and oxygen atoms in total. The maximum absolute atomic E-state index is 13.3. The van der Waals surface area contributed by atoms with Crippen LogP contribution in [0.5, 0.6) is 0 Å². The molecule has 178 valence electrons. The number of anilines is 1. The first-order valence-corrected chi connectivity index (χ1v) is 11.3. The van der Waals surface area contributed by atoms with Crippen LogP contribution in [-0.4, -0.2) is 51.3 Å². The third kappa shape index (κ3) is 3.71. The smallest absolute Gasteiger partial charge is 0.345 e. The van der Waals surface area contributed by atoms with Crippen molar-refractivity contribution in [1.82, 2.24) is 19.9 Å². The number of amides is 3. The van der Waals surface area contributed by atoms with Crippen molar-refractivity contribution in [2.45, 2.75) is 36.3 Å². The minimum atomic E-state index is -5.56. The molecule has 2 aromatic heterocycles. The molecule has 1 aliphatic rings. The first-order chi connectivity index (χ1) is 15.9. The largest absolute Gasteiger partial charge is 0.501 e. The van der Waals surface area contributed by atoms with Crippen molar-refractivity contribution < 1.29 is 31.2 Å². The standard InChI is InChI=1S/C21H18F3N5O4S/c1-20(2)18(30)29(14-3-5-15(6-4-14)34(32,33)21(22,23)24)19(31)28(20)12-13-7-8-25-11-16(13)17-26-9-10-27-17/h3-11H,12H2,1-2H3,(H,26,27). The fourth-order valence-corrected chi connectivity index (χ4v) is 4.36. The molecule has 0 saturated carbocycles. The number of imide groups is 1. The van der Waals surface area contributed by atoms with Crippen molar-refractivity contribution in [2.75, 3.05) is 4.90 Å². The van der Waals surface area contributed by atoms with Crippen molar-refractivity contribution in [3.63, 3.8) is 0 Å². The van der Waals surface area contributed by atoms with Gasteiger partial charge in [-0.1, -0.05) is 0 Å². The van der Waals surface area contributed by atoms with E-state index < -0.39 is 37.7 Å². The van der Waals surface area contributed by atoms with Gasteiger partial charge in [0.1, 0.15) is 11.4 Å². The molecular weight excluding hydrogens is 475 g/mol. The number of aromatic amines is 1. The van der Waals surface area contributed by atoms with Gasteiger partial charge in [0.15, 0.2) is 0 Å². The summed E-state index contributed by atoms with van der Waals surface area (Å²) < 4.78 is 61.7. The van der Waals surface area contributed by atoms with Crippen LogP contribution in [0.4, 0.5) is 23.7 Å². The predicted octanol–water partition coefficient (Wildman–Crippen LogP) is 3.51. The molecule has 0 aliphatic carbocycles. The highest BCUT2D eigenvalue weighted by Crippen LogP contribution is 2.36. The highest BCUT2D eigenvalue weighted by molar-refractivity contribution is 7.92. The third-order valence-electron chi connectivity index (χ3n) is 5.53. The van der Waals surface area contributed by atoms with Gasteiger partial charge < -0.3 is 9.88 Å². The number of hydrogen-bond donors (Lipinski definition) is 1. The molecule has 3 aromatic rings. The number of sulfone groups is 1. The van der Waals surface area contributed by atoms with Crippen LogP contribution in [0.25, 0.3) is 11.4 Å². The Kier molecular flexibility index (Phi) is 5.47. The number of carbonyl (C=O) groups excluding carboxylic acids is 2. The highest BCUT2D eigenvalue weighted by atomic mass is 32.2. The quantitative estimate of drug-likeness (QED) is 0.544. The summed E-state index contributed by atoms with van der Waals surface area (Å²) in [5, 5.41) is 0. The molecule has 0 atom stereocenters. The molecule has 1 fully saturated rings. The summed E-state index contributed by atoms with van der Waals surface area (Å²) in [6.07, 6.45) is 6.30. The van der Waals surface area contributed by atoms with E-state index >= 15 is 0 Å². The second-order valence-corrected chi connectivity index (χ2v) is 9.92. The molecule has 1 saturated heterocycles. The lowest BCUT2D eigenvalue weighted by atomic mass is 10.0. The summed E-state index contributed by atoms with van der Waals surface area (Å²) in [6.45, 7) is 3.11. The number of benzene rings is 1. The topological polar surface area (TPSA) is 116 Å². The van der Waals surface area contributed by atoms with Crippen LogP contribution < -0.4 is 4.90 Å². The number of alkyl halides is 3. The lowest BCUT2D eigenvalue weighted by Crippen LogP contribution is -2.43. The molecule has 13 heteroatoms. The Morgan fingerprint density at radius 2 is 1.74 bits per heavy atom. The van der Waals surface area contributed by atoms with Crippen LogP contribution in [0.1, 0.15) is 19.4 Å². The Balaban J connectivity index is 1.66. The molecule has 1 N–H and O–H groups in total. The van der Waals surface area contributed by atoms with Crippen molar-refractivity contribution in [3.05, 3.63) is 60.7 Å². The monoisotopic (exact) mass is 493 g/mol. The second-order valence-electron chi connectivity index (χ2n) is 7.98. The Morgan fingerprint density at radius 3 is 2.32 bits per heavy atom. The number of imidazole rings is 1. The van der Waals surface area contributed by atoms with Crippen molar-refractivity contribution >= 4 is 27.5 Å². The van der Waals surface area contributed by atoms with E-state index in [0.29, 0.717) is 29.1 Å². The van der Waals surface area contributed by atoms with Crippen molar-refractivity contribution in [2.24, 2.45) is 0 Å². The van der Waals surface area contributed by atoms with E-state index in [4.69, 9.17) is 0 Å². The number of hydrogen-bond acceptors (Lipinski definition) is 6. The second kappa shape index (κ2) is 7.94. The summed E-state index contributed by atoms with van der Waals surface area (Å²) in [7, 11) is -5.56. The highest BCUT2D eigenvalue weighted by Gasteiger charge is 2.52. The number of aromatic nitrogens is 3. The van der Waals surface area contributed by atoms with E-state index in [1.165, 1.54) is 11.1 Å². The van der Waals surface area contributed by atoms with E-state index in [1.54, 1.807) is 38.5 Å². The van der Waals surface area contributed by atoms with E-state index in [-0.39, 0.29) is 12.2 Å². The zero-order valence-corrected chi connectivity index (χ0v) is 18.7. The summed E-state index contributed by atoms with van der Waals surface area (Å²) in [5.74, 6) is -0.0882. The Bertz CT molecular complexity index is 1350. The lowest BCUT2D eigenvalue weighted by Gasteiger charge is -2.28. The van der Waals surface area contributed by atoms with Gasteiger partial charge in [0.25, 0.3) is 15.7 Å². The number of urea groups is 1. The molecule has 3 amide bonds. The van der Waals surface area contributed by atoms with Crippen LogP contribution in [0.15, 0.2) is 60.0 Å². The molecule has 0 bridgehead atoms. The lowest BCUT2D eigenvalue weighted by molar-refractivity contribution is -0.123. The number of rotatable bonds is 5. The fraction of sp³-hybridized carbons (Fsp3) is 0.238. The summed E-state index contributed by atoms with van der Waals surface area (Å²) in [6, 6.07) is 4.40. The normalized spacial score (nSPS) is 16.4. The molecule has 3 heterocycles. The van der Waals surface area contributed by atoms with E-state index in [2.05, 4.69) is 15.0 Å².